The van der Waals surface area contributed by atoms with Crippen molar-refractivity contribution in [2.24, 2.45) is 0 Å². The highest BCUT2D eigenvalue weighted by Gasteiger charge is 2.16. The van der Waals surface area contributed by atoms with E-state index in [1.54, 1.807) is 24.3 Å². The number of carboxylic acid groups (broad SMARTS) is 1. The minimum atomic E-state index is -3.62. The van der Waals surface area contributed by atoms with Crippen LogP contribution in [0, 0.1) is 0 Å². The molecule has 0 aliphatic heterocycles. The van der Waals surface area contributed by atoms with Crippen LogP contribution in [0.1, 0.15) is 15.9 Å². The molecule has 0 atom stereocenters. The molecule has 7 nitrogen and oxygen atoms in total. The highest BCUT2D eigenvalue weighted by atomic mass is 32.2. The molecule has 0 aliphatic rings. The molecule has 0 unspecified atom stereocenters. The Morgan fingerprint density at radius 1 is 0.794 bits per heavy atom. The van der Waals surface area contributed by atoms with Crippen LogP contribution in [-0.2, 0) is 16.4 Å². The summed E-state index contributed by atoms with van der Waals surface area (Å²) in [6.45, 7) is 0.286. The molecule has 34 heavy (non-hydrogen) atoms. The first-order chi connectivity index (χ1) is 16.3. The first-order valence-corrected chi connectivity index (χ1v) is 12.1. The van der Waals surface area contributed by atoms with Gasteiger partial charge in [-0.15, -0.1) is 0 Å². The molecule has 0 radical (unpaired) electrons. The van der Waals surface area contributed by atoms with Crippen molar-refractivity contribution in [2.45, 2.75) is 11.5 Å². The monoisotopic (exact) mass is 478 g/mol. The topological polar surface area (TPSA) is 110 Å². The van der Waals surface area contributed by atoms with Gasteiger partial charge in [0, 0.05) is 6.07 Å². The first kappa shape index (κ1) is 23.1. The molecule has 0 fully saturated rings. The third-order valence-corrected chi connectivity index (χ3v) is 6.89. The van der Waals surface area contributed by atoms with Crippen molar-refractivity contribution < 1.29 is 32.9 Å². The highest BCUT2D eigenvalue weighted by Crippen LogP contribution is 2.26. The first-order valence-electron chi connectivity index (χ1n) is 10.4. The van der Waals surface area contributed by atoms with E-state index in [0.717, 1.165) is 22.4 Å². The lowest BCUT2D eigenvalue weighted by molar-refractivity contribution is 0.0693. The molecule has 2 N–H and O–H groups in total. The van der Waals surface area contributed by atoms with Gasteiger partial charge in [-0.05, 0) is 52.7 Å². The Labute approximate surface area is 196 Å². The SMILES string of the molecule is O=C(O)c1ccc(OCCS(=O)(=O)c2ccc3cc(OCc4ccccc4)ccc3c2)cc1O. The Morgan fingerprint density at radius 2 is 1.47 bits per heavy atom. The number of aromatic carboxylic acids is 1. The summed E-state index contributed by atoms with van der Waals surface area (Å²) in [6.07, 6.45) is 0. The van der Waals surface area contributed by atoms with Crippen LogP contribution < -0.4 is 9.47 Å². The molecule has 4 aromatic carbocycles. The Kier molecular flexibility index (Phi) is 6.70. The van der Waals surface area contributed by atoms with Crippen LogP contribution in [0.2, 0.25) is 0 Å². The number of fused-ring (bicyclic) bond motifs is 1. The standard InChI is InChI=1S/C26H22O7S/c27-25-16-22(9-11-24(25)26(28)29)32-12-13-34(30,31)23-10-7-19-14-21(8-6-20(19)15-23)33-17-18-4-2-1-3-5-18/h1-11,14-16,27H,12-13,17H2,(H,28,29). The van der Waals surface area contributed by atoms with E-state index in [4.69, 9.17) is 14.6 Å². The molecule has 4 rings (SSSR count). The molecule has 0 heterocycles. The summed E-state index contributed by atoms with van der Waals surface area (Å²) in [4.78, 5) is 11.1. The molecule has 0 spiro atoms. The fraction of sp³-hybridized carbons (Fsp3) is 0.115. The maximum Gasteiger partial charge on any atom is 0.339 e. The van der Waals surface area contributed by atoms with Gasteiger partial charge < -0.3 is 19.7 Å². The molecule has 4 aromatic rings. The highest BCUT2D eigenvalue weighted by molar-refractivity contribution is 7.91. The van der Waals surface area contributed by atoms with Gasteiger partial charge in [-0.25, -0.2) is 13.2 Å². The lowest BCUT2D eigenvalue weighted by Crippen LogP contribution is -2.14. The number of carbonyl (C=O) groups is 1. The van der Waals surface area contributed by atoms with Crippen molar-refractivity contribution in [3.8, 4) is 17.2 Å². The Balaban J connectivity index is 1.40. The number of carboxylic acids is 1. The molecule has 0 aromatic heterocycles. The predicted molar refractivity (Wildman–Crippen MR) is 127 cm³/mol. The zero-order valence-corrected chi connectivity index (χ0v) is 18.9. The Hall–Kier alpha value is -4.04. The minimum Gasteiger partial charge on any atom is -0.507 e. The Morgan fingerprint density at radius 3 is 2.21 bits per heavy atom. The molecule has 0 amide bonds. The van der Waals surface area contributed by atoms with Gasteiger partial charge in [0.15, 0.2) is 9.84 Å². The molecule has 0 aliphatic carbocycles. The van der Waals surface area contributed by atoms with Gasteiger partial charge in [0.2, 0.25) is 0 Å². The molecule has 0 bridgehead atoms. The quantitative estimate of drug-likeness (QED) is 0.360. The second-order valence-electron chi connectivity index (χ2n) is 7.60. The third-order valence-electron chi connectivity index (χ3n) is 5.21. The minimum absolute atomic E-state index is 0.154. The summed E-state index contributed by atoms with van der Waals surface area (Å²) in [5, 5.41) is 20.3. The summed E-state index contributed by atoms with van der Waals surface area (Å²) in [6, 6.07) is 23.9. The van der Waals surface area contributed by atoms with Crippen LogP contribution >= 0.6 is 0 Å². The van der Waals surface area contributed by atoms with Gasteiger partial charge in [0.1, 0.15) is 36.0 Å². The second kappa shape index (κ2) is 9.84. The maximum absolute atomic E-state index is 12.8. The van der Waals surface area contributed by atoms with E-state index in [2.05, 4.69) is 0 Å². The van der Waals surface area contributed by atoms with E-state index in [0.29, 0.717) is 12.4 Å². The van der Waals surface area contributed by atoms with E-state index >= 15 is 0 Å². The van der Waals surface area contributed by atoms with Crippen molar-refractivity contribution in [3.05, 3.63) is 96.1 Å². The molecule has 0 saturated heterocycles. The summed E-state index contributed by atoms with van der Waals surface area (Å²) in [7, 11) is -3.62. The van der Waals surface area contributed by atoms with Crippen LogP contribution in [0.4, 0.5) is 0 Å². The second-order valence-corrected chi connectivity index (χ2v) is 9.71. The molecular weight excluding hydrogens is 456 g/mol. The molecular formula is C26H22O7S. The summed E-state index contributed by atoms with van der Waals surface area (Å²) in [5.74, 6) is -1.12. The number of benzene rings is 4. The number of hydrogen-bond acceptors (Lipinski definition) is 6. The van der Waals surface area contributed by atoms with Crippen LogP contribution in [0.3, 0.4) is 0 Å². The van der Waals surface area contributed by atoms with E-state index in [9.17, 15) is 18.3 Å². The smallest absolute Gasteiger partial charge is 0.339 e. The average Bonchev–Trinajstić information content (AvgIpc) is 2.82. The summed E-state index contributed by atoms with van der Waals surface area (Å²) >= 11 is 0. The number of phenols is 1. The van der Waals surface area contributed by atoms with Crippen LogP contribution in [0.25, 0.3) is 10.8 Å². The van der Waals surface area contributed by atoms with Crippen molar-refractivity contribution in [2.75, 3.05) is 12.4 Å². The van der Waals surface area contributed by atoms with Gasteiger partial charge in [0.25, 0.3) is 0 Å². The molecule has 174 valence electrons. The van der Waals surface area contributed by atoms with E-state index in [-0.39, 0.29) is 28.6 Å². The normalized spacial score (nSPS) is 11.3. The lowest BCUT2D eigenvalue weighted by Gasteiger charge is -2.10. The van der Waals surface area contributed by atoms with Crippen molar-refractivity contribution in [1.29, 1.82) is 0 Å². The number of sulfone groups is 1. The fourth-order valence-electron chi connectivity index (χ4n) is 3.40. The number of ether oxygens (including phenoxy) is 2. The van der Waals surface area contributed by atoms with Gasteiger partial charge in [0.05, 0.1) is 10.6 Å². The number of aromatic hydroxyl groups is 1. The van der Waals surface area contributed by atoms with Crippen molar-refractivity contribution >= 4 is 26.6 Å². The molecule has 0 saturated carbocycles. The van der Waals surface area contributed by atoms with Gasteiger partial charge in [-0.3, -0.25) is 0 Å². The van der Waals surface area contributed by atoms with E-state index < -0.39 is 21.6 Å². The zero-order chi connectivity index (χ0) is 24.1. The van der Waals surface area contributed by atoms with Gasteiger partial charge in [-0.2, -0.15) is 0 Å². The van der Waals surface area contributed by atoms with Gasteiger partial charge >= 0.3 is 5.97 Å². The van der Waals surface area contributed by atoms with Crippen LogP contribution in [0.15, 0.2) is 89.8 Å². The van der Waals surface area contributed by atoms with Crippen LogP contribution in [-0.4, -0.2) is 37.0 Å². The van der Waals surface area contributed by atoms with E-state index in [1.165, 1.54) is 12.1 Å². The lowest BCUT2D eigenvalue weighted by atomic mass is 10.1. The largest absolute Gasteiger partial charge is 0.507 e. The summed E-state index contributed by atoms with van der Waals surface area (Å²) < 4.78 is 36.8. The van der Waals surface area contributed by atoms with E-state index in [1.807, 2.05) is 42.5 Å². The van der Waals surface area contributed by atoms with Crippen molar-refractivity contribution in [1.82, 2.24) is 0 Å². The maximum atomic E-state index is 12.8. The third kappa shape index (κ3) is 5.47. The van der Waals surface area contributed by atoms with Crippen molar-refractivity contribution in [3.63, 3.8) is 0 Å². The average molecular weight is 479 g/mol. The predicted octanol–water partition coefficient (Wildman–Crippen LogP) is 4.68. The Bertz CT molecular complexity index is 1430. The van der Waals surface area contributed by atoms with Crippen LogP contribution in [0.5, 0.6) is 17.2 Å². The van der Waals surface area contributed by atoms with Gasteiger partial charge in [-0.1, -0.05) is 42.5 Å². The number of hydrogen-bond donors (Lipinski definition) is 2. The fourth-order valence-corrected chi connectivity index (χ4v) is 4.52. The summed E-state index contributed by atoms with van der Waals surface area (Å²) in [5.41, 5.74) is 0.795. The molecule has 8 heteroatoms. The number of rotatable bonds is 9. The zero-order valence-electron chi connectivity index (χ0n) is 18.0.